The monoisotopic (exact) mass is 330 g/mol. The van der Waals surface area contributed by atoms with Gasteiger partial charge in [0, 0.05) is 26.0 Å². The summed E-state index contributed by atoms with van der Waals surface area (Å²) in [6.07, 6.45) is 0.288. The van der Waals surface area contributed by atoms with Gasteiger partial charge in [0.1, 0.15) is 0 Å². The molecule has 1 N–H and O–H groups in total. The fraction of sp³-hybridized carbons (Fsp3) is 0.312. The largest absolute Gasteiger partial charge is 0.352 e. The zero-order valence-electron chi connectivity index (χ0n) is 13.3. The molecule has 1 aromatic carbocycles. The van der Waals surface area contributed by atoms with Crippen LogP contribution in [-0.2, 0) is 31.9 Å². The van der Waals surface area contributed by atoms with Gasteiger partial charge in [-0.3, -0.25) is 13.9 Å². The molecule has 0 radical (unpaired) electrons. The van der Waals surface area contributed by atoms with Gasteiger partial charge in [-0.15, -0.1) is 11.3 Å². The Hall–Kier alpha value is -2.41. The summed E-state index contributed by atoms with van der Waals surface area (Å²) >= 11 is 1.54. The average molecular weight is 330 g/mol. The van der Waals surface area contributed by atoms with Gasteiger partial charge in [-0.25, -0.2) is 9.78 Å². The first-order chi connectivity index (χ1) is 11.0. The van der Waals surface area contributed by atoms with E-state index >= 15 is 0 Å². The fourth-order valence-corrected chi connectivity index (χ4v) is 3.19. The Bertz CT molecular complexity index is 935. The summed E-state index contributed by atoms with van der Waals surface area (Å²) in [6.45, 7) is 2.35. The summed E-state index contributed by atoms with van der Waals surface area (Å²) < 4.78 is 3.22. The molecule has 0 saturated carbocycles. The zero-order chi connectivity index (χ0) is 16.6. The molecule has 0 saturated heterocycles. The van der Waals surface area contributed by atoms with Crippen molar-refractivity contribution in [3.8, 4) is 0 Å². The van der Waals surface area contributed by atoms with Crippen molar-refractivity contribution in [3.63, 3.8) is 0 Å². The number of carbonyl (C=O) groups excluding carboxylic acids is 1. The molecule has 0 aliphatic heterocycles. The van der Waals surface area contributed by atoms with Gasteiger partial charge in [0.2, 0.25) is 5.91 Å². The molecule has 2 aromatic heterocycles. The number of fused-ring (bicyclic) bond motifs is 1. The van der Waals surface area contributed by atoms with Crippen molar-refractivity contribution >= 4 is 28.3 Å². The molecule has 0 spiro atoms. The second-order valence-corrected chi connectivity index (χ2v) is 6.60. The summed E-state index contributed by atoms with van der Waals surface area (Å²) in [5.74, 6) is -0.0580. The lowest BCUT2D eigenvalue weighted by Crippen LogP contribution is -2.24. The van der Waals surface area contributed by atoms with E-state index in [-0.39, 0.29) is 18.0 Å². The molecule has 1 amide bonds. The van der Waals surface area contributed by atoms with Crippen molar-refractivity contribution in [1.29, 1.82) is 0 Å². The summed E-state index contributed by atoms with van der Waals surface area (Å²) in [6, 6.07) is 5.76. The van der Waals surface area contributed by atoms with E-state index in [4.69, 9.17) is 0 Å². The lowest BCUT2D eigenvalue weighted by Gasteiger charge is -2.05. The smallest absolute Gasteiger partial charge is 0.328 e. The van der Waals surface area contributed by atoms with Crippen molar-refractivity contribution < 1.29 is 4.79 Å². The minimum Gasteiger partial charge on any atom is -0.352 e. The van der Waals surface area contributed by atoms with Crippen LogP contribution in [0.1, 0.15) is 16.3 Å². The number of aromatic nitrogens is 3. The molecule has 0 unspecified atom stereocenters. The highest BCUT2D eigenvalue weighted by Gasteiger charge is 2.09. The Morgan fingerprint density at radius 3 is 2.70 bits per heavy atom. The molecule has 7 heteroatoms. The number of thiazole rings is 1. The average Bonchev–Trinajstić information content (AvgIpc) is 3.03. The molecular weight excluding hydrogens is 312 g/mol. The summed E-state index contributed by atoms with van der Waals surface area (Å²) in [5, 5.41) is 5.76. The summed E-state index contributed by atoms with van der Waals surface area (Å²) in [4.78, 5) is 28.2. The van der Waals surface area contributed by atoms with Crippen LogP contribution in [0.25, 0.3) is 11.0 Å². The van der Waals surface area contributed by atoms with Gasteiger partial charge in [0.05, 0.1) is 28.2 Å². The van der Waals surface area contributed by atoms with E-state index in [0.717, 1.165) is 27.3 Å². The second-order valence-electron chi connectivity index (χ2n) is 5.54. The first-order valence-electron chi connectivity index (χ1n) is 7.28. The number of amides is 1. The number of carbonyl (C=O) groups is 1. The highest BCUT2D eigenvalue weighted by molar-refractivity contribution is 7.09. The van der Waals surface area contributed by atoms with Gasteiger partial charge in [-0.1, -0.05) is 6.07 Å². The molecule has 3 rings (SSSR count). The Labute approximate surface area is 137 Å². The molecule has 6 nitrogen and oxygen atoms in total. The van der Waals surface area contributed by atoms with Gasteiger partial charge >= 0.3 is 5.69 Å². The van der Waals surface area contributed by atoms with Gasteiger partial charge in [-0.05, 0) is 24.6 Å². The minimum absolute atomic E-state index is 0.0555. The number of benzene rings is 1. The predicted octanol–water partition coefficient (Wildman–Crippen LogP) is 1.50. The third-order valence-electron chi connectivity index (χ3n) is 3.83. The van der Waals surface area contributed by atoms with Gasteiger partial charge in [0.15, 0.2) is 0 Å². The first-order valence-corrected chi connectivity index (χ1v) is 8.15. The third-order valence-corrected chi connectivity index (χ3v) is 4.66. The highest BCUT2D eigenvalue weighted by atomic mass is 32.1. The molecule has 3 aromatic rings. The molecule has 23 heavy (non-hydrogen) atoms. The number of hydrogen-bond donors (Lipinski definition) is 1. The lowest BCUT2D eigenvalue weighted by molar-refractivity contribution is -0.120. The third kappa shape index (κ3) is 3.05. The highest BCUT2D eigenvalue weighted by Crippen LogP contribution is 2.14. The van der Waals surface area contributed by atoms with E-state index in [0.29, 0.717) is 6.54 Å². The Balaban J connectivity index is 1.71. The summed E-state index contributed by atoms with van der Waals surface area (Å²) in [5.41, 5.74) is 3.44. The molecule has 0 fully saturated rings. The van der Waals surface area contributed by atoms with E-state index in [1.165, 1.54) is 0 Å². The molecule has 120 valence electrons. The molecule has 2 heterocycles. The first kappa shape index (κ1) is 15.5. The number of hydrogen-bond acceptors (Lipinski definition) is 4. The van der Waals surface area contributed by atoms with E-state index in [1.807, 2.05) is 30.5 Å². The van der Waals surface area contributed by atoms with E-state index in [1.54, 1.807) is 34.6 Å². The van der Waals surface area contributed by atoms with E-state index in [9.17, 15) is 9.59 Å². The number of aryl methyl sites for hydroxylation is 3. The van der Waals surface area contributed by atoms with Crippen molar-refractivity contribution in [3.05, 3.63) is 50.3 Å². The van der Waals surface area contributed by atoms with Crippen LogP contribution in [0.15, 0.2) is 28.4 Å². The maximum Gasteiger partial charge on any atom is 0.328 e. The fourth-order valence-electron chi connectivity index (χ4n) is 2.58. The van der Waals surface area contributed by atoms with Crippen LogP contribution >= 0.6 is 11.3 Å². The Kier molecular flexibility index (Phi) is 4.04. The Morgan fingerprint density at radius 2 is 2.00 bits per heavy atom. The maximum absolute atomic E-state index is 12.0. The SMILES string of the molecule is Cc1nc(CC(=O)NCc2ccc3c(c2)n(C)c(=O)n3C)cs1. The molecule has 0 atom stereocenters. The van der Waals surface area contributed by atoms with E-state index in [2.05, 4.69) is 10.3 Å². The Morgan fingerprint density at radius 1 is 1.26 bits per heavy atom. The maximum atomic E-state index is 12.0. The van der Waals surface area contributed by atoms with Crippen LogP contribution in [0.4, 0.5) is 0 Å². The predicted molar refractivity (Wildman–Crippen MR) is 90.6 cm³/mol. The van der Waals surface area contributed by atoms with E-state index < -0.39 is 0 Å². The van der Waals surface area contributed by atoms with Crippen LogP contribution < -0.4 is 11.0 Å². The van der Waals surface area contributed by atoms with Gasteiger partial charge in [0.25, 0.3) is 0 Å². The number of nitrogens with one attached hydrogen (secondary N) is 1. The second kappa shape index (κ2) is 6.00. The van der Waals surface area contributed by atoms with Gasteiger partial charge < -0.3 is 5.32 Å². The number of rotatable bonds is 4. The van der Waals surface area contributed by atoms with Crippen molar-refractivity contribution in [1.82, 2.24) is 19.4 Å². The lowest BCUT2D eigenvalue weighted by atomic mass is 10.2. The molecular formula is C16H18N4O2S. The molecule has 0 aliphatic carbocycles. The molecule has 0 aliphatic rings. The van der Waals surface area contributed by atoms with Crippen molar-refractivity contribution in [2.45, 2.75) is 19.9 Å². The van der Waals surface area contributed by atoms with Crippen LogP contribution in [0.5, 0.6) is 0 Å². The van der Waals surface area contributed by atoms with Crippen LogP contribution in [0.3, 0.4) is 0 Å². The standard InChI is InChI=1S/C16H18N4O2S/c1-10-18-12(9-23-10)7-15(21)17-8-11-4-5-13-14(6-11)20(3)16(22)19(13)2/h4-6,9H,7-8H2,1-3H3,(H,17,21). The topological polar surface area (TPSA) is 68.9 Å². The summed E-state index contributed by atoms with van der Waals surface area (Å²) in [7, 11) is 3.50. The number of imidazole rings is 1. The van der Waals surface area contributed by atoms with Crippen molar-refractivity contribution in [2.24, 2.45) is 14.1 Å². The zero-order valence-corrected chi connectivity index (χ0v) is 14.1. The quantitative estimate of drug-likeness (QED) is 0.788. The number of nitrogens with zero attached hydrogens (tertiary/aromatic N) is 3. The van der Waals surface area contributed by atoms with Crippen LogP contribution in [-0.4, -0.2) is 20.0 Å². The van der Waals surface area contributed by atoms with Crippen molar-refractivity contribution in [2.75, 3.05) is 0 Å². The molecule has 0 bridgehead atoms. The normalized spacial score (nSPS) is 11.1. The van der Waals surface area contributed by atoms with Crippen LogP contribution in [0, 0.1) is 6.92 Å². The van der Waals surface area contributed by atoms with Crippen LogP contribution in [0.2, 0.25) is 0 Å². The van der Waals surface area contributed by atoms with Gasteiger partial charge in [-0.2, -0.15) is 0 Å². The minimum atomic E-state index is -0.0580.